The van der Waals surface area contributed by atoms with Crippen molar-refractivity contribution in [2.24, 2.45) is 11.7 Å². The average molecular weight is 229 g/mol. The van der Waals surface area contributed by atoms with Crippen LogP contribution in [0.15, 0.2) is 0 Å². The molecule has 4 heteroatoms. The van der Waals surface area contributed by atoms with Gasteiger partial charge in [-0.1, -0.05) is 19.3 Å². The van der Waals surface area contributed by atoms with Crippen molar-refractivity contribution in [2.45, 2.75) is 57.0 Å². The summed E-state index contributed by atoms with van der Waals surface area (Å²) < 4.78 is 0. The highest BCUT2D eigenvalue weighted by atomic mass is 16.4. The third kappa shape index (κ3) is 4.10. The predicted molar refractivity (Wildman–Crippen MR) is 62.1 cm³/mol. The van der Waals surface area contributed by atoms with Crippen LogP contribution in [0.5, 0.6) is 0 Å². The molecule has 0 spiro atoms. The molecule has 0 aromatic rings. The first-order valence-corrected chi connectivity index (χ1v) is 6.23. The largest absolute Gasteiger partial charge is 0.481 e. The molecule has 0 aromatic carbocycles. The summed E-state index contributed by atoms with van der Waals surface area (Å²) in [4.78, 5) is 11.1. The van der Waals surface area contributed by atoms with E-state index in [4.69, 9.17) is 10.8 Å². The first-order chi connectivity index (χ1) is 7.57. The van der Waals surface area contributed by atoms with Crippen LogP contribution >= 0.6 is 0 Å². The van der Waals surface area contributed by atoms with Crippen LogP contribution in [0.3, 0.4) is 0 Å². The van der Waals surface area contributed by atoms with Crippen LogP contribution in [0.1, 0.15) is 51.4 Å². The molecule has 1 rings (SSSR count). The fraction of sp³-hybridized carbons (Fsp3) is 0.917. The Morgan fingerprint density at radius 1 is 1.31 bits per heavy atom. The van der Waals surface area contributed by atoms with E-state index in [1.807, 2.05) is 0 Å². The monoisotopic (exact) mass is 229 g/mol. The van der Waals surface area contributed by atoms with Crippen LogP contribution in [0, 0.1) is 5.92 Å². The first-order valence-electron chi connectivity index (χ1n) is 6.23. The molecule has 4 nitrogen and oxygen atoms in total. The van der Waals surface area contributed by atoms with Crippen molar-refractivity contribution in [3.63, 3.8) is 0 Å². The molecule has 16 heavy (non-hydrogen) atoms. The molecule has 1 atom stereocenters. The van der Waals surface area contributed by atoms with Crippen molar-refractivity contribution in [2.75, 3.05) is 6.54 Å². The van der Waals surface area contributed by atoms with Crippen LogP contribution in [0.2, 0.25) is 0 Å². The number of aliphatic hydroxyl groups is 1. The van der Waals surface area contributed by atoms with E-state index in [0.717, 1.165) is 32.1 Å². The van der Waals surface area contributed by atoms with Crippen molar-refractivity contribution in [1.82, 2.24) is 0 Å². The lowest BCUT2D eigenvalue weighted by molar-refractivity contribution is -0.145. The van der Waals surface area contributed by atoms with Gasteiger partial charge in [-0.15, -0.1) is 0 Å². The molecule has 0 aromatic heterocycles. The minimum Gasteiger partial charge on any atom is -0.481 e. The van der Waals surface area contributed by atoms with Crippen LogP contribution in [-0.2, 0) is 4.79 Å². The highest BCUT2D eigenvalue weighted by Gasteiger charge is 2.34. The van der Waals surface area contributed by atoms with Crippen molar-refractivity contribution in [3.8, 4) is 0 Å². The molecular formula is C12H23NO3. The lowest BCUT2D eigenvalue weighted by atomic mass is 9.77. The van der Waals surface area contributed by atoms with Crippen LogP contribution in [-0.4, -0.2) is 28.3 Å². The van der Waals surface area contributed by atoms with Gasteiger partial charge in [-0.2, -0.15) is 0 Å². The zero-order valence-electron chi connectivity index (χ0n) is 9.82. The summed E-state index contributed by atoms with van der Waals surface area (Å²) in [5, 5.41) is 19.4. The zero-order chi connectivity index (χ0) is 12.0. The van der Waals surface area contributed by atoms with Crippen molar-refractivity contribution >= 4 is 5.97 Å². The Hall–Kier alpha value is -0.610. The highest BCUT2D eigenvalue weighted by Crippen LogP contribution is 2.34. The molecule has 0 heterocycles. The highest BCUT2D eigenvalue weighted by molar-refractivity contribution is 5.70. The molecule has 0 saturated heterocycles. The van der Waals surface area contributed by atoms with Gasteiger partial charge in [-0.05, 0) is 38.6 Å². The summed E-state index contributed by atoms with van der Waals surface area (Å²) in [6, 6.07) is 0. The van der Waals surface area contributed by atoms with Gasteiger partial charge >= 0.3 is 5.97 Å². The Bertz CT molecular complexity index is 224. The van der Waals surface area contributed by atoms with Crippen molar-refractivity contribution in [1.29, 1.82) is 0 Å². The minimum atomic E-state index is -0.799. The maximum Gasteiger partial charge on any atom is 0.306 e. The van der Waals surface area contributed by atoms with E-state index in [9.17, 15) is 9.90 Å². The van der Waals surface area contributed by atoms with Gasteiger partial charge in [0, 0.05) is 0 Å². The predicted octanol–water partition coefficient (Wildman–Crippen LogP) is 1.51. The minimum absolute atomic E-state index is 0.391. The number of aliphatic carboxylic acids is 1. The standard InChI is InChI=1S/C12H23NO3/c13-8-4-5-10(11(14)15)9-12(16)6-2-1-3-7-12/h10,16H,1-9,13H2,(H,14,15). The molecule has 0 bridgehead atoms. The van der Waals surface area contributed by atoms with E-state index in [1.165, 1.54) is 0 Å². The number of carboxylic acids is 1. The second-order valence-electron chi connectivity index (χ2n) is 4.96. The molecule has 0 amide bonds. The maximum atomic E-state index is 11.1. The van der Waals surface area contributed by atoms with E-state index in [-0.39, 0.29) is 0 Å². The molecule has 4 N–H and O–H groups in total. The van der Waals surface area contributed by atoms with Gasteiger partial charge in [0.15, 0.2) is 0 Å². The molecular weight excluding hydrogens is 206 g/mol. The topological polar surface area (TPSA) is 83.5 Å². The second kappa shape index (κ2) is 6.21. The molecule has 1 fully saturated rings. The van der Waals surface area contributed by atoms with Crippen LogP contribution < -0.4 is 5.73 Å². The summed E-state index contributed by atoms with van der Waals surface area (Å²) >= 11 is 0. The molecule has 94 valence electrons. The Balaban J connectivity index is 2.48. The van der Waals surface area contributed by atoms with Gasteiger partial charge in [0.25, 0.3) is 0 Å². The lowest BCUT2D eigenvalue weighted by Crippen LogP contribution is -2.36. The van der Waals surface area contributed by atoms with E-state index in [0.29, 0.717) is 25.8 Å². The summed E-state index contributed by atoms with van der Waals surface area (Å²) in [5.41, 5.74) is 4.65. The summed E-state index contributed by atoms with van der Waals surface area (Å²) in [5.74, 6) is -1.24. The number of nitrogens with two attached hydrogens (primary N) is 1. The van der Waals surface area contributed by atoms with E-state index in [1.54, 1.807) is 0 Å². The Morgan fingerprint density at radius 2 is 1.94 bits per heavy atom. The number of hydrogen-bond donors (Lipinski definition) is 3. The summed E-state index contributed by atoms with van der Waals surface area (Å²) in [7, 11) is 0. The summed E-state index contributed by atoms with van der Waals surface area (Å²) in [6.45, 7) is 0.516. The number of rotatable bonds is 6. The smallest absolute Gasteiger partial charge is 0.306 e. The zero-order valence-corrected chi connectivity index (χ0v) is 9.82. The number of carbonyl (C=O) groups is 1. The number of hydrogen-bond acceptors (Lipinski definition) is 3. The second-order valence-corrected chi connectivity index (χ2v) is 4.96. The molecule has 1 unspecified atom stereocenters. The Labute approximate surface area is 96.8 Å². The Kier molecular flexibility index (Phi) is 5.22. The fourth-order valence-corrected chi connectivity index (χ4v) is 2.55. The van der Waals surface area contributed by atoms with Crippen LogP contribution in [0.4, 0.5) is 0 Å². The van der Waals surface area contributed by atoms with Crippen molar-refractivity contribution in [3.05, 3.63) is 0 Å². The molecule has 1 aliphatic rings. The number of carboxylic acid groups (broad SMARTS) is 1. The van der Waals surface area contributed by atoms with Gasteiger partial charge in [0.2, 0.25) is 0 Å². The first kappa shape index (κ1) is 13.5. The normalized spacial score (nSPS) is 21.6. The van der Waals surface area contributed by atoms with Gasteiger partial charge in [0.05, 0.1) is 11.5 Å². The Morgan fingerprint density at radius 3 is 2.44 bits per heavy atom. The van der Waals surface area contributed by atoms with Crippen LogP contribution in [0.25, 0.3) is 0 Å². The third-order valence-corrected chi connectivity index (χ3v) is 3.52. The van der Waals surface area contributed by atoms with E-state index in [2.05, 4.69) is 0 Å². The summed E-state index contributed by atoms with van der Waals surface area (Å²) in [6.07, 6.45) is 6.37. The fourth-order valence-electron chi connectivity index (χ4n) is 2.55. The molecule has 1 aliphatic carbocycles. The van der Waals surface area contributed by atoms with Crippen molar-refractivity contribution < 1.29 is 15.0 Å². The quantitative estimate of drug-likeness (QED) is 0.644. The average Bonchev–Trinajstić information content (AvgIpc) is 2.25. The lowest BCUT2D eigenvalue weighted by Gasteiger charge is -2.34. The third-order valence-electron chi connectivity index (χ3n) is 3.52. The van der Waals surface area contributed by atoms with E-state index >= 15 is 0 Å². The molecule has 0 aliphatic heterocycles. The van der Waals surface area contributed by atoms with E-state index < -0.39 is 17.5 Å². The van der Waals surface area contributed by atoms with Gasteiger partial charge < -0.3 is 15.9 Å². The van der Waals surface area contributed by atoms with Gasteiger partial charge in [0.1, 0.15) is 0 Å². The van der Waals surface area contributed by atoms with Gasteiger partial charge in [-0.25, -0.2) is 0 Å². The molecule has 1 saturated carbocycles. The maximum absolute atomic E-state index is 11.1. The SMILES string of the molecule is NCCCC(CC1(O)CCCCC1)C(=O)O. The molecule has 0 radical (unpaired) electrons. The van der Waals surface area contributed by atoms with Gasteiger partial charge in [-0.3, -0.25) is 4.79 Å².